The van der Waals surface area contributed by atoms with Gasteiger partial charge in [0, 0.05) is 37.7 Å². The van der Waals surface area contributed by atoms with Crippen molar-refractivity contribution in [3.8, 4) is 5.75 Å². The lowest BCUT2D eigenvalue weighted by molar-refractivity contribution is -0.145. The van der Waals surface area contributed by atoms with Crippen molar-refractivity contribution in [2.45, 2.75) is 115 Å². The number of rotatable bonds is 17. The Kier molecular flexibility index (Phi) is 14.3. The van der Waals surface area contributed by atoms with E-state index in [0.29, 0.717) is 31.4 Å². The van der Waals surface area contributed by atoms with Gasteiger partial charge in [0.25, 0.3) is 0 Å². The van der Waals surface area contributed by atoms with Crippen LogP contribution in [-0.2, 0) is 54.5 Å². The normalized spacial score (nSPS) is 20.2. The third-order valence-electron chi connectivity index (χ3n) is 11.4. The number of nitrogens with one attached hydrogen (secondary N) is 5. The van der Waals surface area contributed by atoms with Crippen LogP contribution in [0.5, 0.6) is 5.75 Å². The van der Waals surface area contributed by atoms with E-state index < -0.39 is 77.2 Å². The highest BCUT2D eigenvalue weighted by Crippen LogP contribution is 2.32. The van der Waals surface area contributed by atoms with Crippen molar-refractivity contribution in [1.82, 2.24) is 36.1 Å². The number of carbonyl (C=O) groups excluding carboxylic acids is 5. The third kappa shape index (κ3) is 10.4. The first kappa shape index (κ1) is 43.4. The first-order valence-corrected chi connectivity index (χ1v) is 20.0. The molecule has 312 valence electrons. The van der Waals surface area contributed by atoms with Gasteiger partial charge in [-0.2, -0.15) is 0 Å². The summed E-state index contributed by atoms with van der Waals surface area (Å²) in [5.74, 6) is -4.68. The van der Waals surface area contributed by atoms with Gasteiger partial charge < -0.3 is 47.1 Å². The summed E-state index contributed by atoms with van der Waals surface area (Å²) in [4.78, 5) is 91.0. The van der Waals surface area contributed by atoms with Gasteiger partial charge in [0.05, 0.1) is 12.4 Å². The second kappa shape index (κ2) is 19.1. The summed E-state index contributed by atoms with van der Waals surface area (Å²) >= 11 is 0. The highest BCUT2D eigenvalue weighted by molar-refractivity contribution is 5.98. The minimum Gasteiger partial charge on any atom is -0.508 e. The largest absolute Gasteiger partial charge is 0.508 e. The maximum atomic E-state index is 14.5. The molecule has 0 spiro atoms. The minimum absolute atomic E-state index is 0.0148. The van der Waals surface area contributed by atoms with Gasteiger partial charge in [-0.3, -0.25) is 24.0 Å². The fourth-order valence-electron chi connectivity index (χ4n) is 7.64. The number of carboxylic acid groups (broad SMARTS) is 1. The van der Waals surface area contributed by atoms with E-state index in [1.807, 2.05) is 13.0 Å². The number of imidazole rings is 1. The summed E-state index contributed by atoms with van der Waals surface area (Å²) in [6.07, 6.45) is 4.86. The van der Waals surface area contributed by atoms with Crippen LogP contribution < -0.4 is 27.0 Å². The number of amides is 5. The number of carbonyl (C=O) groups is 6. The van der Waals surface area contributed by atoms with Gasteiger partial charge in [-0.05, 0) is 66.3 Å². The maximum absolute atomic E-state index is 14.5. The monoisotopic (exact) mass is 800 g/mol. The number of aromatic hydroxyl groups is 1. The number of hydrogen-bond donors (Lipinski definition) is 8. The fourth-order valence-corrected chi connectivity index (χ4v) is 7.64. The van der Waals surface area contributed by atoms with E-state index in [4.69, 9.17) is 5.73 Å². The molecule has 0 bridgehead atoms. The molecule has 9 N–H and O–H groups in total. The van der Waals surface area contributed by atoms with Crippen molar-refractivity contribution in [2.75, 3.05) is 6.54 Å². The molecule has 1 saturated heterocycles. The van der Waals surface area contributed by atoms with E-state index in [1.165, 1.54) is 23.5 Å². The van der Waals surface area contributed by atoms with Crippen LogP contribution >= 0.6 is 0 Å². The van der Waals surface area contributed by atoms with Gasteiger partial charge in [-0.1, -0.05) is 70.5 Å². The van der Waals surface area contributed by atoms with Crippen LogP contribution in [0.1, 0.15) is 75.8 Å². The Morgan fingerprint density at radius 1 is 0.966 bits per heavy atom. The minimum atomic E-state index is -1.48. The quantitative estimate of drug-likeness (QED) is 0.0978. The summed E-state index contributed by atoms with van der Waals surface area (Å²) in [6, 6.07) is 8.31. The van der Waals surface area contributed by atoms with Crippen molar-refractivity contribution >= 4 is 35.5 Å². The second-order valence-corrected chi connectivity index (χ2v) is 15.9. The Balaban J connectivity index is 1.38. The maximum Gasteiger partial charge on any atom is 0.326 e. The lowest BCUT2D eigenvalue weighted by Gasteiger charge is -2.40. The number of nitrogens with zero attached hydrogens (tertiary/aromatic N) is 2. The molecule has 2 aromatic carbocycles. The molecule has 1 aliphatic carbocycles. The number of carboxylic acids is 1. The Morgan fingerprint density at radius 2 is 1.71 bits per heavy atom. The number of aryl methyl sites for hydroxylation is 1. The van der Waals surface area contributed by atoms with Crippen LogP contribution in [0.15, 0.2) is 61.1 Å². The van der Waals surface area contributed by atoms with Gasteiger partial charge in [-0.25, -0.2) is 9.78 Å². The average molecular weight is 801 g/mol. The lowest BCUT2D eigenvalue weighted by Crippen LogP contribution is -2.67. The fraction of sp³-hybridized carbons (Fsp3) is 0.500. The average Bonchev–Trinajstić information content (AvgIpc) is 3.92. The van der Waals surface area contributed by atoms with Crippen LogP contribution in [0.3, 0.4) is 0 Å². The standard InChI is InChI=1S/C42H56N8O8/c1-5-25(4)35(48-41(58)42(49-37(53)34(43)24(2)3)16-15-27-19-30(51)14-13-28(27)21-42)38(54)46-31(20-29-22-44-23-45-29)39(55)50-17-9-12-33(50)36(52)47-32(40(56)57)18-26-10-7-6-8-11-26/h6-8,10-11,13-14,19,22-25,31-35,51H,5,9,12,15-18,20-21,43H2,1-4H3,(H,44,45)(H,46,54)(H,47,52)(H,48,58)(H,49,53)(H,56,57)/t25-,31-,32-,33-,34-,35-,42?/m0/s1. The number of benzene rings is 2. The van der Waals surface area contributed by atoms with E-state index >= 15 is 0 Å². The Morgan fingerprint density at radius 3 is 2.36 bits per heavy atom. The number of nitrogens with two attached hydrogens (primary N) is 1. The lowest BCUT2D eigenvalue weighted by atomic mass is 9.76. The number of aromatic nitrogens is 2. The van der Waals surface area contributed by atoms with Gasteiger partial charge in [0.15, 0.2) is 0 Å². The molecule has 16 heteroatoms. The van der Waals surface area contributed by atoms with Crippen molar-refractivity contribution in [2.24, 2.45) is 17.6 Å². The Hall–Kier alpha value is -5.77. The van der Waals surface area contributed by atoms with E-state index in [-0.39, 0.29) is 43.9 Å². The second-order valence-electron chi connectivity index (χ2n) is 15.9. The van der Waals surface area contributed by atoms with Gasteiger partial charge >= 0.3 is 5.97 Å². The topological polar surface area (TPSA) is 249 Å². The highest BCUT2D eigenvalue weighted by atomic mass is 16.4. The van der Waals surface area contributed by atoms with Crippen molar-refractivity contribution < 1.29 is 39.0 Å². The molecule has 58 heavy (non-hydrogen) atoms. The summed E-state index contributed by atoms with van der Waals surface area (Å²) < 4.78 is 0. The predicted molar refractivity (Wildman–Crippen MR) is 214 cm³/mol. The molecule has 1 fully saturated rings. The van der Waals surface area contributed by atoms with Crippen LogP contribution in [0.2, 0.25) is 0 Å². The van der Waals surface area contributed by atoms with E-state index in [0.717, 1.165) is 16.7 Å². The van der Waals surface area contributed by atoms with E-state index in [9.17, 15) is 39.0 Å². The zero-order valence-corrected chi connectivity index (χ0v) is 33.5. The van der Waals surface area contributed by atoms with Crippen molar-refractivity contribution in [1.29, 1.82) is 0 Å². The Bertz CT molecular complexity index is 1940. The van der Waals surface area contributed by atoms with Crippen LogP contribution in [-0.4, -0.2) is 103 Å². The van der Waals surface area contributed by atoms with Gasteiger partial charge in [0.2, 0.25) is 29.5 Å². The number of phenols is 1. The SMILES string of the molecule is CC[C@H](C)[C@H](NC(=O)C1(NC(=O)[C@@H](N)C(C)C)CCc2cc(O)ccc2C1)C(=O)N[C@@H](Cc1cnc[nH]1)C(=O)N1CCC[C@H]1C(=O)N[C@@H](Cc1ccccc1)C(=O)O. The molecule has 7 atom stereocenters. The molecule has 2 aliphatic rings. The first-order valence-electron chi connectivity index (χ1n) is 20.0. The first-order chi connectivity index (χ1) is 27.6. The van der Waals surface area contributed by atoms with Crippen LogP contribution in [0, 0.1) is 11.8 Å². The molecule has 5 amide bonds. The van der Waals surface area contributed by atoms with Gasteiger partial charge in [0.1, 0.15) is 35.5 Å². The third-order valence-corrected chi connectivity index (χ3v) is 11.4. The molecule has 16 nitrogen and oxygen atoms in total. The molecule has 1 unspecified atom stereocenters. The van der Waals surface area contributed by atoms with Crippen molar-refractivity contribution in [3.63, 3.8) is 0 Å². The Labute approximate surface area is 338 Å². The molecular weight excluding hydrogens is 745 g/mol. The summed E-state index contributed by atoms with van der Waals surface area (Å²) in [5.41, 5.74) is 7.60. The van der Waals surface area contributed by atoms with E-state index in [2.05, 4.69) is 31.2 Å². The molecule has 2 heterocycles. The summed E-state index contributed by atoms with van der Waals surface area (Å²) in [7, 11) is 0. The number of likely N-dealkylation sites (tertiary alicyclic amines) is 1. The molecule has 3 aromatic rings. The predicted octanol–water partition coefficient (Wildman–Crippen LogP) is 1.50. The number of phenolic OH excluding ortho intramolecular Hbond substituents is 1. The molecule has 1 aromatic heterocycles. The van der Waals surface area contributed by atoms with Gasteiger partial charge in [-0.15, -0.1) is 0 Å². The van der Waals surface area contributed by atoms with E-state index in [1.54, 1.807) is 57.2 Å². The zero-order chi connectivity index (χ0) is 42.1. The van der Waals surface area contributed by atoms with Crippen molar-refractivity contribution in [3.05, 3.63) is 83.4 Å². The zero-order valence-electron chi connectivity index (χ0n) is 33.5. The van der Waals surface area contributed by atoms with Crippen LogP contribution in [0.25, 0.3) is 0 Å². The summed E-state index contributed by atoms with van der Waals surface area (Å²) in [6.45, 7) is 7.46. The molecular formula is C42H56N8O8. The van der Waals surface area contributed by atoms with Crippen LogP contribution in [0.4, 0.5) is 0 Å². The highest BCUT2D eigenvalue weighted by Gasteiger charge is 2.46. The smallest absolute Gasteiger partial charge is 0.326 e. The molecule has 0 radical (unpaired) electrons. The molecule has 5 rings (SSSR count). The number of aliphatic carboxylic acids is 1. The number of fused-ring (bicyclic) bond motifs is 1. The number of aromatic amines is 1. The molecule has 0 saturated carbocycles. The number of hydrogen-bond acceptors (Lipinski definition) is 9. The number of H-pyrrole nitrogens is 1. The summed E-state index contributed by atoms with van der Waals surface area (Å²) in [5, 5.41) is 31.4. The molecule has 1 aliphatic heterocycles.